The molecule has 1 rings (SSSR count). The summed E-state index contributed by atoms with van der Waals surface area (Å²) in [7, 11) is -0.111. The molecule has 0 aliphatic carbocycles. The predicted molar refractivity (Wildman–Crippen MR) is 115 cm³/mol. The maximum atomic E-state index is 12.8. The Balaban J connectivity index is 2.76. The number of hydrogen-bond donors (Lipinski definition) is 2. The summed E-state index contributed by atoms with van der Waals surface area (Å²) in [5.74, 6) is 1.17. The van der Waals surface area contributed by atoms with Crippen LogP contribution in [-0.4, -0.2) is 39.2 Å². The molecule has 0 bridgehead atoms. The molecule has 9 heteroatoms. The molecule has 0 atom stereocenters. The van der Waals surface area contributed by atoms with E-state index >= 15 is 0 Å². The molecule has 1 aromatic rings. The molecular weight excluding hydrogens is 379 g/mol. The summed E-state index contributed by atoms with van der Waals surface area (Å²) in [6, 6.07) is 6.57. The summed E-state index contributed by atoms with van der Waals surface area (Å²) in [4.78, 5) is 18.4. The molecule has 0 aliphatic rings. The lowest BCUT2D eigenvalue weighted by Gasteiger charge is -2.21. The van der Waals surface area contributed by atoms with Crippen molar-refractivity contribution in [1.29, 1.82) is 0 Å². The first kappa shape index (κ1) is 24.1. The highest BCUT2D eigenvalue weighted by Crippen LogP contribution is 2.44. The van der Waals surface area contributed by atoms with Gasteiger partial charge in [-0.1, -0.05) is 27.7 Å². The zero-order valence-electron chi connectivity index (χ0n) is 17.9. The van der Waals surface area contributed by atoms with E-state index in [0.29, 0.717) is 5.69 Å². The Morgan fingerprint density at radius 2 is 1.61 bits per heavy atom. The third kappa shape index (κ3) is 8.42. The number of benzene rings is 1. The van der Waals surface area contributed by atoms with Crippen molar-refractivity contribution < 1.29 is 18.4 Å². The maximum absolute atomic E-state index is 12.8. The van der Waals surface area contributed by atoms with Crippen molar-refractivity contribution in [3.63, 3.8) is 0 Å². The zero-order chi connectivity index (χ0) is 21.3. The Bertz CT molecular complexity index is 688. The molecule has 0 saturated carbocycles. The zero-order valence-corrected chi connectivity index (χ0v) is 18.7. The average molecular weight is 412 g/mol. The van der Waals surface area contributed by atoms with E-state index < -0.39 is 13.8 Å². The molecule has 158 valence electrons. The van der Waals surface area contributed by atoms with E-state index in [9.17, 15) is 9.36 Å². The minimum Gasteiger partial charge on any atom is -0.334 e. The summed E-state index contributed by atoms with van der Waals surface area (Å²) < 4.78 is 23.6. The highest BCUT2D eigenvalue weighted by atomic mass is 31.2. The van der Waals surface area contributed by atoms with Crippen LogP contribution in [0.3, 0.4) is 0 Å². The van der Waals surface area contributed by atoms with Gasteiger partial charge >= 0.3 is 13.8 Å². The topological polar surface area (TPSA) is 92.3 Å². The number of aliphatic imine (C=N–C) groups is 1. The second-order valence-corrected chi connectivity index (χ2v) is 9.05. The number of urea groups is 1. The molecule has 2 amide bonds. The van der Waals surface area contributed by atoms with Crippen LogP contribution in [0.4, 0.5) is 16.2 Å². The second-order valence-electron chi connectivity index (χ2n) is 7.32. The molecule has 0 saturated heterocycles. The van der Waals surface area contributed by atoms with Crippen LogP contribution >= 0.6 is 7.75 Å². The van der Waals surface area contributed by atoms with Gasteiger partial charge in [0.1, 0.15) is 0 Å². The number of rotatable bonds is 9. The number of amides is 2. The molecule has 2 N–H and O–H groups in total. The van der Waals surface area contributed by atoms with E-state index in [0.717, 1.165) is 11.5 Å². The lowest BCUT2D eigenvalue weighted by molar-refractivity contribution is 0.166. The van der Waals surface area contributed by atoms with Crippen LogP contribution in [0.25, 0.3) is 0 Å². The van der Waals surface area contributed by atoms with E-state index in [-0.39, 0.29) is 25.0 Å². The molecule has 28 heavy (non-hydrogen) atoms. The number of nitrogens with zero attached hydrogens (tertiary/aromatic N) is 2. The summed E-state index contributed by atoms with van der Waals surface area (Å²) in [5.41, 5.74) is 1.49. The minimum atomic E-state index is -3.75. The summed E-state index contributed by atoms with van der Waals surface area (Å²) in [5, 5.41) is 5.00. The smallest absolute Gasteiger partial charge is 0.334 e. The summed E-state index contributed by atoms with van der Waals surface area (Å²) in [6.45, 7) is 10.1. The molecule has 8 nitrogen and oxygen atoms in total. The van der Waals surface area contributed by atoms with Crippen LogP contribution in [0, 0.1) is 11.8 Å². The lowest BCUT2D eigenvalue weighted by atomic mass is 10.2. The Labute approximate surface area is 168 Å². The van der Waals surface area contributed by atoms with Crippen molar-refractivity contribution >= 4 is 31.0 Å². The van der Waals surface area contributed by atoms with E-state index in [1.165, 1.54) is 0 Å². The minimum absolute atomic E-state index is 0.153. The summed E-state index contributed by atoms with van der Waals surface area (Å²) >= 11 is 0. The predicted octanol–water partition coefficient (Wildman–Crippen LogP) is 4.75. The van der Waals surface area contributed by atoms with Crippen molar-refractivity contribution in [2.75, 3.05) is 37.5 Å². The molecule has 0 unspecified atom stereocenters. The Morgan fingerprint density at radius 3 is 2.04 bits per heavy atom. The molecule has 0 spiro atoms. The standard InChI is InChI=1S/C19H33N4O4P/c1-14(2)12-26-28(25,27-13-15(3)4)22-19(24)21-17-8-10-18(11-9-17)23(7)16(5)20-6/h8-11,14-15H,12-13H2,1-7H3,(H2,21,22,24,25). The highest BCUT2D eigenvalue weighted by molar-refractivity contribution is 7.52. The number of hydrogen-bond acceptors (Lipinski definition) is 5. The van der Waals surface area contributed by atoms with Crippen molar-refractivity contribution in [1.82, 2.24) is 5.09 Å². The monoisotopic (exact) mass is 412 g/mol. The van der Waals surface area contributed by atoms with Crippen molar-refractivity contribution in [3.05, 3.63) is 24.3 Å². The fourth-order valence-electron chi connectivity index (χ4n) is 1.98. The lowest BCUT2D eigenvalue weighted by Crippen LogP contribution is -2.29. The van der Waals surface area contributed by atoms with Crippen LogP contribution in [0.15, 0.2) is 29.3 Å². The Morgan fingerprint density at radius 1 is 1.11 bits per heavy atom. The van der Waals surface area contributed by atoms with E-state index in [1.807, 2.05) is 58.7 Å². The Hall–Kier alpha value is -1.89. The number of amidine groups is 1. The molecular formula is C19H33N4O4P. The van der Waals surface area contributed by atoms with Gasteiger partial charge < -0.3 is 10.2 Å². The molecule has 0 aromatic heterocycles. The van der Waals surface area contributed by atoms with Crippen LogP contribution in [0.1, 0.15) is 34.6 Å². The van der Waals surface area contributed by atoms with E-state index in [4.69, 9.17) is 9.05 Å². The number of carbonyl (C=O) groups excluding carboxylic acids is 1. The molecule has 0 heterocycles. The molecule has 0 fully saturated rings. The third-order valence-electron chi connectivity index (χ3n) is 3.72. The van der Waals surface area contributed by atoms with Gasteiger partial charge in [-0.05, 0) is 43.0 Å². The van der Waals surface area contributed by atoms with Gasteiger partial charge in [0, 0.05) is 25.5 Å². The van der Waals surface area contributed by atoms with Crippen molar-refractivity contribution in [2.45, 2.75) is 34.6 Å². The first-order valence-electron chi connectivity index (χ1n) is 9.32. The van der Waals surface area contributed by atoms with Gasteiger partial charge in [0.2, 0.25) is 0 Å². The fourth-order valence-corrected chi connectivity index (χ4v) is 3.48. The SMILES string of the molecule is CN=C(C)N(C)c1ccc(NC(=O)NP(=O)(OCC(C)C)OCC(C)C)cc1. The van der Waals surface area contributed by atoms with Crippen LogP contribution < -0.4 is 15.3 Å². The number of anilines is 2. The van der Waals surface area contributed by atoms with Crippen LogP contribution in [0.2, 0.25) is 0 Å². The van der Waals surface area contributed by atoms with Crippen LogP contribution in [0.5, 0.6) is 0 Å². The molecule has 1 aromatic carbocycles. The van der Waals surface area contributed by atoms with Gasteiger partial charge in [-0.3, -0.25) is 14.0 Å². The average Bonchev–Trinajstić information content (AvgIpc) is 2.64. The van der Waals surface area contributed by atoms with Crippen molar-refractivity contribution in [3.8, 4) is 0 Å². The van der Waals surface area contributed by atoms with Crippen molar-refractivity contribution in [2.24, 2.45) is 16.8 Å². The molecule has 0 aliphatic heterocycles. The maximum Gasteiger partial charge on any atom is 0.436 e. The van der Waals surface area contributed by atoms with Gasteiger partial charge in [0.15, 0.2) is 0 Å². The second kappa shape index (κ2) is 11.2. The highest BCUT2D eigenvalue weighted by Gasteiger charge is 2.28. The Kier molecular flexibility index (Phi) is 9.65. The number of carbonyl (C=O) groups is 1. The number of nitrogens with one attached hydrogen (secondary N) is 2. The van der Waals surface area contributed by atoms with Gasteiger partial charge in [-0.25, -0.2) is 14.4 Å². The first-order valence-corrected chi connectivity index (χ1v) is 10.9. The van der Waals surface area contributed by atoms with E-state index in [1.54, 1.807) is 19.2 Å². The summed E-state index contributed by atoms with van der Waals surface area (Å²) in [6.07, 6.45) is 0. The quantitative estimate of drug-likeness (QED) is 0.347. The van der Waals surface area contributed by atoms with Gasteiger partial charge in [-0.15, -0.1) is 0 Å². The van der Waals surface area contributed by atoms with Gasteiger partial charge in [0.05, 0.1) is 19.0 Å². The normalized spacial score (nSPS) is 12.4. The largest absolute Gasteiger partial charge is 0.436 e. The fraction of sp³-hybridized carbons (Fsp3) is 0.579. The first-order chi connectivity index (χ1) is 13.1. The van der Waals surface area contributed by atoms with Crippen LogP contribution in [-0.2, 0) is 13.6 Å². The molecule has 0 radical (unpaired) electrons. The van der Waals surface area contributed by atoms with Gasteiger partial charge in [-0.2, -0.15) is 0 Å². The third-order valence-corrected chi connectivity index (χ3v) is 5.17. The van der Waals surface area contributed by atoms with Gasteiger partial charge in [0.25, 0.3) is 0 Å². The van der Waals surface area contributed by atoms with E-state index in [2.05, 4.69) is 15.4 Å².